The maximum atomic E-state index is 13.4. The average molecular weight is 611 g/mol. The molecule has 0 aliphatic heterocycles. The molecular weight excluding hydrogens is 580 g/mol. The Morgan fingerprint density at radius 1 is 0.886 bits per heavy atom. The second-order valence-corrected chi connectivity index (χ2v) is 10.7. The number of nitrogens with zero attached hydrogens (tertiary/aromatic N) is 1. The van der Waals surface area contributed by atoms with E-state index >= 15 is 0 Å². The zero-order chi connectivity index (χ0) is 31.5. The number of methoxy groups -OCH3 is 1. The van der Waals surface area contributed by atoms with Crippen LogP contribution in [0.3, 0.4) is 0 Å². The van der Waals surface area contributed by atoms with E-state index in [0.29, 0.717) is 34.7 Å². The average Bonchev–Trinajstić information content (AvgIpc) is 3.04. The zero-order valence-corrected chi connectivity index (χ0v) is 24.8. The lowest BCUT2D eigenvalue weighted by Crippen LogP contribution is -2.30. The summed E-state index contributed by atoms with van der Waals surface area (Å²) in [5.41, 5.74) is 1.98. The summed E-state index contributed by atoms with van der Waals surface area (Å²) in [6, 6.07) is 28.3. The smallest absolute Gasteiger partial charge is 0.272 e. The Balaban J connectivity index is 1.48. The molecular formula is C33H30N4O6S. The number of carbonyl (C=O) groups excluding carboxylic acids is 3. The minimum absolute atomic E-state index is 0.0380. The Kier molecular flexibility index (Phi) is 10.9. The number of rotatable bonds is 12. The van der Waals surface area contributed by atoms with Gasteiger partial charge in [0.1, 0.15) is 11.4 Å². The summed E-state index contributed by atoms with van der Waals surface area (Å²) in [6.07, 6.45) is 2.09. The predicted octanol–water partition coefficient (Wildman–Crippen LogP) is 6.52. The molecule has 10 nitrogen and oxygen atoms in total. The molecule has 0 saturated heterocycles. The molecule has 4 aromatic carbocycles. The van der Waals surface area contributed by atoms with Crippen LogP contribution in [0.15, 0.2) is 114 Å². The molecule has 4 rings (SSSR count). The molecule has 44 heavy (non-hydrogen) atoms. The highest BCUT2D eigenvalue weighted by Gasteiger charge is 2.20. The van der Waals surface area contributed by atoms with E-state index in [1.165, 1.54) is 36.0 Å². The number of benzene rings is 4. The minimum Gasteiger partial charge on any atom is -0.497 e. The number of thioether (sulfide) groups is 1. The quantitative estimate of drug-likeness (QED) is 0.0718. The van der Waals surface area contributed by atoms with Crippen LogP contribution in [0.2, 0.25) is 0 Å². The van der Waals surface area contributed by atoms with Gasteiger partial charge in [-0.25, -0.2) is 0 Å². The normalized spacial score (nSPS) is 11.6. The van der Waals surface area contributed by atoms with Crippen molar-refractivity contribution in [3.05, 3.63) is 130 Å². The first-order chi connectivity index (χ1) is 21.2. The zero-order valence-electron chi connectivity index (χ0n) is 24.0. The first kappa shape index (κ1) is 31.5. The summed E-state index contributed by atoms with van der Waals surface area (Å²) < 4.78 is 5.21. The molecule has 0 fully saturated rings. The summed E-state index contributed by atoms with van der Waals surface area (Å²) in [6.45, 7) is 1.88. The van der Waals surface area contributed by atoms with E-state index in [1.54, 1.807) is 86.0 Å². The van der Waals surface area contributed by atoms with E-state index in [1.807, 2.05) is 13.0 Å². The summed E-state index contributed by atoms with van der Waals surface area (Å²) >= 11 is 1.32. The van der Waals surface area contributed by atoms with E-state index in [-0.39, 0.29) is 17.3 Å². The Bertz CT molecular complexity index is 1660. The van der Waals surface area contributed by atoms with Crippen LogP contribution in [0.4, 0.5) is 17.1 Å². The van der Waals surface area contributed by atoms with Gasteiger partial charge in [-0.3, -0.25) is 24.5 Å². The number of non-ortho nitro benzene ring substituents is 1. The molecule has 3 N–H and O–H groups in total. The maximum Gasteiger partial charge on any atom is 0.272 e. The number of nitrogens with one attached hydrogen (secondary N) is 3. The maximum absolute atomic E-state index is 13.4. The molecule has 1 unspecified atom stereocenters. The number of nitro groups is 1. The molecule has 0 aromatic heterocycles. The van der Waals surface area contributed by atoms with Gasteiger partial charge in [0.05, 0.1) is 17.3 Å². The van der Waals surface area contributed by atoms with Gasteiger partial charge in [0.2, 0.25) is 5.91 Å². The highest BCUT2D eigenvalue weighted by molar-refractivity contribution is 8.00. The van der Waals surface area contributed by atoms with Crippen LogP contribution in [0.5, 0.6) is 5.75 Å². The number of hydrogen-bond acceptors (Lipinski definition) is 7. The van der Waals surface area contributed by atoms with E-state index < -0.39 is 22.0 Å². The molecule has 0 aliphatic rings. The van der Waals surface area contributed by atoms with Crippen LogP contribution >= 0.6 is 11.8 Å². The van der Waals surface area contributed by atoms with Gasteiger partial charge in [-0.15, -0.1) is 11.8 Å². The molecule has 0 saturated carbocycles. The van der Waals surface area contributed by atoms with Crippen molar-refractivity contribution < 1.29 is 24.0 Å². The Labute approximate surface area is 258 Å². The van der Waals surface area contributed by atoms with Crippen LogP contribution < -0.4 is 20.7 Å². The van der Waals surface area contributed by atoms with Crippen LogP contribution in [-0.2, 0) is 9.59 Å². The molecule has 0 aliphatic carbocycles. The van der Waals surface area contributed by atoms with Crippen LogP contribution in [-0.4, -0.2) is 35.0 Å². The molecule has 224 valence electrons. The van der Waals surface area contributed by atoms with Gasteiger partial charge < -0.3 is 20.7 Å². The molecule has 3 amide bonds. The van der Waals surface area contributed by atoms with E-state index in [2.05, 4.69) is 16.0 Å². The van der Waals surface area contributed by atoms with Crippen molar-refractivity contribution in [1.29, 1.82) is 0 Å². The van der Waals surface area contributed by atoms with Crippen molar-refractivity contribution in [2.24, 2.45) is 0 Å². The molecule has 0 heterocycles. The molecule has 0 radical (unpaired) electrons. The van der Waals surface area contributed by atoms with Gasteiger partial charge in [0.15, 0.2) is 0 Å². The first-order valence-corrected chi connectivity index (χ1v) is 14.5. The second-order valence-electron chi connectivity index (χ2n) is 9.44. The molecule has 0 bridgehead atoms. The Morgan fingerprint density at radius 3 is 2.23 bits per heavy atom. The highest BCUT2D eigenvalue weighted by Crippen LogP contribution is 2.29. The van der Waals surface area contributed by atoms with E-state index in [0.717, 1.165) is 4.90 Å². The third kappa shape index (κ3) is 8.79. The van der Waals surface area contributed by atoms with Crippen molar-refractivity contribution in [3.8, 4) is 5.75 Å². The van der Waals surface area contributed by atoms with Gasteiger partial charge >= 0.3 is 0 Å². The lowest BCUT2D eigenvalue weighted by atomic mass is 10.1. The third-order valence-electron chi connectivity index (χ3n) is 6.33. The summed E-state index contributed by atoms with van der Waals surface area (Å²) in [5.74, 6) is -0.568. The standard InChI is InChI=1S/C33H30N4O6S/c1-3-30(33(40)34-24-14-16-26(17-15-24)37(41)42)44-28-11-7-10-25(21-28)35-32(39)29(20-22-12-18-27(43-2)19-13-22)36-31(38)23-8-5-4-6-9-23/h4-21,30H,3H2,1-2H3,(H,34,40)(H,35,39)(H,36,38)/b29-20+. The summed E-state index contributed by atoms with van der Waals surface area (Å²) in [4.78, 5) is 50.5. The van der Waals surface area contributed by atoms with Gasteiger partial charge in [0, 0.05) is 34.0 Å². The van der Waals surface area contributed by atoms with Crippen molar-refractivity contribution in [3.63, 3.8) is 0 Å². The molecule has 4 aromatic rings. The largest absolute Gasteiger partial charge is 0.497 e. The number of carbonyl (C=O) groups is 3. The van der Waals surface area contributed by atoms with E-state index in [4.69, 9.17) is 4.74 Å². The van der Waals surface area contributed by atoms with Gasteiger partial charge in [-0.2, -0.15) is 0 Å². The fourth-order valence-electron chi connectivity index (χ4n) is 4.03. The lowest BCUT2D eigenvalue weighted by Gasteiger charge is -2.16. The lowest BCUT2D eigenvalue weighted by molar-refractivity contribution is -0.384. The first-order valence-electron chi connectivity index (χ1n) is 13.6. The second kappa shape index (κ2) is 15.2. The highest BCUT2D eigenvalue weighted by atomic mass is 32.2. The van der Waals surface area contributed by atoms with Crippen molar-refractivity contribution in [1.82, 2.24) is 5.32 Å². The van der Waals surface area contributed by atoms with Gasteiger partial charge in [-0.1, -0.05) is 43.3 Å². The molecule has 11 heteroatoms. The summed E-state index contributed by atoms with van der Waals surface area (Å²) in [7, 11) is 1.56. The minimum atomic E-state index is -0.532. The number of amides is 3. The number of ether oxygens (including phenoxy) is 1. The fraction of sp³-hybridized carbons (Fsp3) is 0.121. The molecule has 1 atom stereocenters. The van der Waals surface area contributed by atoms with Crippen LogP contribution in [0.1, 0.15) is 29.3 Å². The van der Waals surface area contributed by atoms with Crippen molar-refractivity contribution in [2.75, 3.05) is 17.7 Å². The fourth-order valence-corrected chi connectivity index (χ4v) is 5.04. The molecule has 0 spiro atoms. The third-order valence-corrected chi connectivity index (χ3v) is 7.69. The van der Waals surface area contributed by atoms with Crippen LogP contribution in [0, 0.1) is 10.1 Å². The predicted molar refractivity (Wildman–Crippen MR) is 172 cm³/mol. The monoisotopic (exact) mass is 610 g/mol. The van der Waals surface area contributed by atoms with Crippen LogP contribution in [0.25, 0.3) is 6.08 Å². The van der Waals surface area contributed by atoms with E-state index in [9.17, 15) is 24.5 Å². The van der Waals surface area contributed by atoms with Crippen molar-refractivity contribution >= 4 is 52.6 Å². The topological polar surface area (TPSA) is 140 Å². The van der Waals surface area contributed by atoms with Crippen molar-refractivity contribution in [2.45, 2.75) is 23.5 Å². The number of anilines is 2. The number of nitro benzene ring substituents is 1. The van der Waals surface area contributed by atoms with Gasteiger partial charge in [-0.05, 0) is 72.7 Å². The Hall–Kier alpha value is -5.42. The number of hydrogen-bond donors (Lipinski definition) is 3. The summed E-state index contributed by atoms with van der Waals surface area (Å²) in [5, 5.41) is 18.8. The SMILES string of the molecule is CCC(Sc1cccc(NC(=O)/C(=C\c2ccc(OC)cc2)NC(=O)c2ccccc2)c1)C(=O)Nc1ccc([N+](=O)[O-])cc1. The Morgan fingerprint density at radius 2 is 1.59 bits per heavy atom. The van der Waals surface area contributed by atoms with Gasteiger partial charge in [0.25, 0.3) is 17.5 Å².